The van der Waals surface area contributed by atoms with E-state index >= 15 is 0 Å². The fourth-order valence-corrected chi connectivity index (χ4v) is 0.556. The first kappa shape index (κ1) is 8.86. The van der Waals surface area contributed by atoms with Gasteiger partial charge in [0.25, 0.3) is 0 Å². The van der Waals surface area contributed by atoms with Crippen LogP contribution in [0, 0.1) is 11.3 Å². The maximum Gasteiger partial charge on any atom is 0.129 e. The van der Waals surface area contributed by atoms with E-state index in [1.807, 2.05) is 6.07 Å². The zero-order valence-electron chi connectivity index (χ0n) is 6.70. The predicted molar refractivity (Wildman–Crippen MR) is 42.0 cm³/mol. The predicted octanol–water partition coefficient (Wildman–Crippen LogP) is -0.394. The molecule has 7 nitrogen and oxygen atoms in total. The van der Waals surface area contributed by atoms with E-state index in [9.17, 15) is 0 Å². The Balaban J connectivity index is 0.000000145. The molecule has 0 fully saturated rings. The van der Waals surface area contributed by atoms with Gasteiger partial charge in [-0.05, 0) is 0 Å². The van der Waals surface area contributed by atoms with E-state index in [-0.39, 0.29) is 6.54 Å². The van der Waals surface area contributed by atoms with Gasteiger partial charge in [0, 0.05) is 6.20 Å². The highest BCUT2D eigenvalue weighted by Gasteiger charge is 1.83. The van der Waals surface area contributed by atoms with Crippen molar-refractivity contribution in [3.63, 3.8) is 0 Å². The van der Waals surface area contributed by atoms with Crippen molar-refractivity contribution in [3.05, 3.63) is 24.8 Å². The smallest absolute Gasteiger partial charge is 0.129 e. The van der Waals surface area contributed by atoms with E-state index < -0.39 is 0 Å². The molecule has 66 valence electrons. The topological polar surface area (TPSA) is 96.1 Å². The zero-order valence-corrected chi connectivity index (χ0v) is 6.70. The molecule has 1 N–H and O–H groups in total. The second kappa shape index (κ2) is 5.42. The number of nitrogens with zero attached hydrogens (tertiary/aromatic N) is 6. The zero-order chi connectivity index (χ0) is 9.36. The van der Waals surface area contributed by atoms with Crippen molar-refractivity contribution in [2.24, 2.45) is 0 Å². The molecule has 13 heavy (non-hydrogen) atoms. The van der Waals surface area contributed by atoms with E-state index in [0.29, 0.717) is 0 Å². The minimum atomic E-state index is 0.278. The summed E-state index contributed by atoms with van der Waals surface area (Å²) in [5.41, 5.74) is 0. The van der Waals surface area contributed by atoms with Crippen molar-refractivity contribution < 1.29 is 0 Å². The maximum atomic E-state index is 8.10. The summed E-state index contributed by atoms with van der Waals surface area (Å²) in [5, 5.41) is 24.5. The number of rotatable bonds is 1. The Labute approximate surface area is 74.0 Å². The number of nitrogens with one attached hydrogen (secondary N) is 1. The molecule has 2 heterocycles. The third kappa shape index (κ3) is 3.62. The maximum absolute atomic E-state index is 8.10. The van der Waals surface area contributed by atoms with Crippen molar-refractivity contribution in [1.29, 1.82) is 5.26 Å². The lowest BCUT2D eigenvalue weighted by Crippen LogP contribution is -1.94. The highest BCUT2D eigenvalue weighted by molar-refractivity contribution is 4.73. The van der Waals surface area contributed by atoms with Crippen LogP contribution in [0.1, 0.15) is 0 Å². The van der Waals surface area contributed by atoms with Gasteiger partial charge in [-0.2, -0.15) is 20.7 Å². The monoisotopic (exact) mass is 177 g/mol. The molecular weight excluding hydrogens is 170 g/mol. The van der Waals surface area contributed by atoms with Gasteiger partial charge >= 0.3 is 0 Å². The Morgan fingerprint density at radius 3 is 2.46 bits per heavy atom. The minimum Gasteiger partial charge on any atom is -0.238 e. The molecule has 2 aromatic rings. The first-order valence-electron chi connectivity index (χ1n) is 3.44. The van der Waals surface area contributed by atoms with Crippen molar-refractivity contribution in [2.45, 2.75) is 6.54 Å². The molecule has 2 aromatic heterocycles. The van der Waals surface area contributed by atoms with Gasteiger partial charge in [-0.1, -0.05) is 5.21 Å². The van der Waals surface area contributed by atoms with Gasteiger partial charge in [0.1, 0.15) is 6.54 Å². The van der Waals surface area contributed by atoms with E-state index in [2.05, 4.69) is 25.7 Å². The normalized spacial score (nSPS) is 8.23. The molecule has 0 aliphatic rings. The van der Waals surface area contributed by atoms with Gasteiger partial charge in [0.15, 0.2) is 0 Å². The Kier molecular flexibility index (Phi) is 3.70. The minimum absolute atomic E-state index is 0.278. The Bertz CT molecular complexity index is 312. The van der Waals surface area contributed by atoms with Gasteiger partial charge in [-0.25, -0.2) is 4.68 Å². The molecule has 0 unspecified atom stereocenters. The van der Waals surface area contributed by atoms with E-state index in [1.165, 1.54) is 10.9 Å². The summed E-state index contributed by atoms with van der Waals surface area (Å²) in [7, 11) is 0. The fraction of sp³-hybridized carbons (Fsp3) is 0.167. The molecule has 0 spiro atoms. The van der Waals surface area contributed by atoms with Crippen LogP contribution in [-0.4, -0.2) is 30.4 Å². The van der Waals surface area contributed by atoms with Gasteiger partial charge in [0.05, 0.1) is 24.7 Å². The molecular formula is C6H7N7. The number of nitriles is 1. The van der Waals surface area contributed by atoms with Gasteiger partial charge < -0.3 is 0 Å². The summed E-state index contributed by atoms with van der Waals surface area (Å²) in [5.74, 6) is 0. The Morgan fingerprint density at radius 2 is 2.08 bits per heavy atom. The quantitative estimate of drug-likeness (QED) is 0.639. The van der Waals surface area contributed by atoms with Gasteiger partial charge in [-0.3, -0.25) is 0 Å². The highest BCUT2D eigenvalue weighted by atomic mass is 15.4. The van der Waals surface area contributed by atoms with Crippen molar-refractivity contribution >= 4 is 0 Å². The van der Waals surface area contributed by atoms with E-state index in [0.717, 1.165) is 0 Å². The van der Waals surface area contributed by atoms with Crippen LogP contribution in [0.25, 0.3) is 0 Å². The van der Waals surface area contributed by atoms with E-state index in [4.69, 9.17) is 5.26 Å². The first-order valence-corrected chi connectivity index (χ1v) is 3.44. The Morgan fingerprint density at radius 1 is 1.31 bits per heavy atom. The lowest BCUT2D eigenvalue weighted by Gasteiger charge is -1.83. The average Bonchev–Trinajstić information content (AvgIpc) is 2.79. The largest absolute Gasteiger partial charge is 0.238 e. The summed E-state index contributed by atoms with van der Waals surface area (Å²) in [6.07, 6.45) is 6.35. The van der Waals surface area contributed by atoms with Crippen LogP contribution in [0.5, 0.6) is 0 Å². The van der Waals surface area contributed by atoms with Gasteiger partial charge in [0.2, 0.25) is 0 Å². The van der Waals surface area contributed by atoms with Crippen LogP contribution in [0.4, 0.5) is 0 Å². The van der Waals surface area contributed by atoms with Crippen LogP contribution >= 0.6 is 0 Å². The number of hydrogen-bond acceptors (Lipinski definition) is 5. The standard InChI is InChI=1S/C4H4N4.C2H3N3/c5-1-3-8-4-2-6-7-8;1-2-4-5-3-1/h2,4H,3H2;1-2H,(H,3,4,5). The van der Waals surface area contributed by atoms with Crippen LogP contribution in [0.3, 0.4) is 0 Å². The fourth-order valence-electron chi connectivity index (χ4n) is 0.556. The number of aromatic nitrogens is 6. The molecule has 0 saturated carbocycles. The third-order valence-electron chi connectivity index (χ3n) is 1.04. The molecule has 0 radical (unpaired) electrons. The molecule has 0 saturated heterocycles. The first-order chi connectivity index (χ1) is 6.43. The van der Waals surface area contributed by atoms with Crippen molar-refractivity contribution in [1.82, 2.24) is 30.4 Å². The number of hydrogen-bond donors (Lipinski definition) is 1. The summed E-state index contributed by atoms with van der Waals surface area (Å²) >= 11 is 0. The molecule has 0 aromatic carbocycles. The second-order valence-corrected chi connectivity index (χ2v) is 1.92. The SMILES string of the molecule is N#CCn1ccnn1.c1cn[nH]n1. The lowest BCUT2D eigenvalue weighted by molar-refractivity contribution is 0.668. The molecule has 7 heteroatoms. The number of aromatic amines is 1. The lowest BCUT2D eigenvalue weighted by atomic mass is 10.7. The summed E-state index contributed by atoms with van der Waals surface area (Å²) in [4.78, 5) is 0. The summed E-state index contributed by atoms with van der Waals surface area (Å²) in [6.45, 7) is 0.278. The molecule has 2 rings (SSSR count). The molecule has 0 bridgehead atoms. The van der Waals surface area contributed by atoms with Crippen LogP contribution in [-0.2, 0) is 6.54 Å². The van der Waals surface area contributed by atoms with Crippen LogP contribution in [0.2, 0.25) is 0 Å². The van der Waals surface area contributed by atoms with Crippen molar-refractivity contribution in [2.75, 3.05) is 0 Å². The molecule has 0 amide bonds. The molecule has 0 aliphatic carbocycles. The second-order valence-electron chi connectivity index (χ2n) is 1.92. The number of H-pyrrole nitrogens is 1. The summed E-state index contributed by atoms with van der Waals surface area (Å²) in [6, 6.07) is 1.93. The van der Waals surface area contributed by atoms with Crippen LogP contribution in [0.15, 0.2) is 24.8 Å². The average molecular weight is 177 g/mol. The molecule has 0 aliphatic heterocycles. The molecule has 0 atom stereocenters. The highest BCUT2D eigenvalue weighted by Crippen LogP contribution is 1.75. The van der Waals surface area contributed by atoms with Crippen LogP contribution < -0.4 is 0 Å². The van der Waals surface area contributed by atoms with Gasteiger partial charge in [-0.15, -0.1) is 5.10 Å². The van der Waals surface area contributed by atoms with E-state index in [1.54, 1.807) is 18.6 Å². The van der Waals surface area contributed by atoms with Crippen molar-refractivity contribution in [3.8, 4) is 6.07 Å². The third-order valence-corrected chi connectivity index (χ3v) is 1.04. The Hall–Kier alpha value is -2.23. The summed E-state index contributed by atoms with van der Waals surface area (Å²) < 4.78 is 1.46.